The van der Waals surface area contributed by atoms with E-state index >= 15 is 0 Å². The van der Waals surface area contributed by atoms with Gasteiger partial charge in [-0.2, -0.15) is 5.26 Å². The Hall–Kier alpha value is -2.35. The van der Waals surface area contributed by atoms with E-state index in [4.69, 9.17) is 5.26 Å². The molecule has 98 valence electrons. The van der Waals surface area contributed by atoms with E-state index in [9.17, 15) is 9.59 Å². The van der Waals surface area contributed by atoms with Gasteiger partial charge in [0, 0.05) is 12.2 Å². The molecule has 0 saturated heterocycles. The van der Waals surface area contributed by atoms with Crippen molar-refractivity contribution in [1.29, 1.82) is 5.26 Å². The summed E-state index contributed by atoms with van der Waals surface area (Å²) in [6.07, 6.45) is 1.76. The van der Waals surface area contributed by atoms with Gasteiger partial charge in [-0.3, -0.25) is 9.59 Å². The maximum Gasteiger partial charge on any atom is 0.316 e. The second-order valence-electron chi connectivity index (χ2n) is 4.53. The normalized spacial score (nSPS) is 13.4. The predicted molar refractivity (Wildman–Crippen MR) is 70.5 cm³/mol. The van der Waals surface area contributed by atoms with Gasteiger partial charge in [0.05, 0.1) is 6.07 Å². The zero-order chi connectivity index (χ0) is 13.8. The summed E-state index contributed by atoms with van der Waals surface area (Å²) < 4.78 is 0. The Kier molecular flexibility index (Phi) is 3.81. The molecule has 5 heteroatoms. The van der Waals surface area contributed by atoms with E-state index < -0.39 is 11.8 Å². The molecule has 1 aliphatic rings. The average molecular weight is 257 g/mol. The van der Waals surface area contributed by atoms with Crippen LogP contribution in [0.2, 0.25) is 0 Å². The van der Waals surface area contributed by atoms with Crippen LogP contribution < -0.4 is 10.2 Å². The van der Waals surface area contributed by atoms with E-state index in [0.29, 0.717) is 6.54 Å². The van der Waals surface area contributed by atoms with Crippen LogP contribution in [0.1, 0.15) is 17.5 Å². The van der Waals surface area contributed by atoms with Gasteiger partial charge < -0.3 is 10.2 Å². The van der Waals surface area contributed by atoms with Crippen LogP contribution in [0.5, 0.6) is 0 Å². The standard InChI is InChI=1S/C14H15N3O2/c1-10-4-5-12-11(9-10)3-2-8-17(12)14(19)13(18)16-7-6-15/h4-5,9H,2-3,7-8H2,1H3,(H,16,18). The first-order chi connectivity index (χ1) is 9.13. The summed E-state index contributed by atoms with van der Waals surface area (Å²) in [5, 5.41) is 10.7. The minimum atomic E-state index is -0.727. The van der Waals surface area contributed by atoms with Crippen LogP contribution in [0.4, 0.5) is 5.69 Å². The highest BCUT2D eigenvalue weighted by Crippen LogP contribution is 2.27. The predicted octanol–water partition coefficient (Wildman–Crippen LogP) is 0.914. The van der Waals surface area contributed by atoms with E-state index in [2.05, 4.69) is 5.32 Å². The van der Waals surface area contributed by atoms with Crippen LogP contribution in [0, 0.1) is 18.3 Å². The molecule has 0 bridgehead atoms. The average Bonchev–Trinajstić information content (AvgIpc) is 2.42. The molecule has 2 amide bonds. The number of fused-ring (bicyclic) bond motifs is 1. The Bertz CT molecular complexity index is 560. The summed E-state index contributed by atoms with van der Waals surface area (Å²) in [5.41, 5.74) is 3.03. The van der Waals surface area contributed by atoms with Gasteiger partial charge in [-0.05, 0) is 31.4 Å². The monoisotopic (exact) mass is 257 g/mol. The second kappa shape index (κ2) is 5.53. The molecule has 0 fully saturated rings. The summed E-state index contributed by atoms with van der Waals surface area (Å²) in [4.78, 5) is 25.2. The highest BCUT2D eigenvalue weighted by molar-refractivity contribution is 6.40. The zero-order valence-electron chi connectivity index (χ0n) is 10.8. The summed E-state index contributed by atoms with van der Waals surface area (Å²) in [6, 6.07) is 7.63. The summed E-state index contributed by atoms with van der Waals surface area (Å²) in [7, 11) is 0. The number of anilines is 1. The summed E-state index contributed by atoms with van der Waals surface area (Å²) in [6.45, 7) is 2.38. The van der Waals surface area contributed by atoms with Gasteiger partial charge in [0.15, 0.2) is 0 Å². The number of carbonyl (C=O) groups excluding carboxylic acids is 2. The smallest absolute Gasteiger partial charge is 0.316 e. The van der Waals surface area contributed by atoms with Crippen molar-refractivity contribution in [2.24, 2.45) is 0 Å². The SMILES string of the molecule is Cc1ccc2c(c1)CCCN2C(=O)C(=O)NCC#N. The van der Waals surface area contributed by atoms with Gasteiger partial charge in [0.1, 0.15) is 6.54 Å². The third-order valence-electron chi connectivity index (χ3n) is 3.12. The molecule has 1 aromatic carbocycles. The van der Waals surface area contributed by atoms with Crippen molar-refractivity contribution >= 4 is 17.5 Å². The first-order valence-corrected chi connectivity index (χ1v) is 6.19. The van der Waals surface area contributed by atoms with Crippen molar-refractivity contribution in [3.8, 4) is 6.07 Å². The lowest BCUT2D eigenvalue weighted by atomic mass is 9.99. The van der Waals surface area contributed by atoms with Crippen molar-refractivity contribution in [2.75, 3.05) is 18.0 Å². The summed E-state index contributed by atoms with van der Waals surface area (Å²) in [5.74, 6) is -1.32. The largest absolute Gasteiger partial charge is 0.335 e. The zero-order valence-corrected chi connectivity index (χ0v) is 10.8. The Morgan fingerprint density at radius 1 is 1.47 bits per heavy atom. The van der Waals surface area contributed by atoms with Crippen LogP contribution in [-0.2, 0) is 16.0 Å². The van der Waals surface area contributed by atoms with Gasteiger partial charge in [-0.15, -0.1) is 0 Å². The van der Waals surface area contributed by atoms with E-state index in [-0.39, 0.29) is 6.54 Å². The maximum absolute atomic E-state index is 12.1. The number of aryl methyl sites for hydroxylation is 2. The Labute approximate surface area is 111 Å². The number of nitrogens with one attached hydrogen (secondary N) is 1. The number of hydrogen-bond donors (Lipinski definition) is 1. The highest BCUT2D eigenvalue weighted by atomic mass is 16.2. The van der Waals surface area contributed by atoms with Crippen LogP contribution in [-0.4, -0.2) is 24.9 Å². The summed E-state index contributed by atoms with van der Waals surface area (Å²) >= 11 is 0. The van der Waals surface area contributed by atoms with Gasteiger partial charge in [0.25, 0.3) is 0 Å². The fraction of sp³-hybridized carbons (Fsp3) is 0.357. The number of nitrogens with zero attached hydrogens (tertiary/aromatic N) is 2. The number of nitriles is 1. The minimum Gasteiger partial charge on any atom is -0.335 e. The quantitative estimate of drug-likeness (QED) is 0.600. The van der Waals surface area contributed by atoms with Crippen molar-refractivity contribution < 1.29 is 9.59 Å². The Morgan fingerprint density at radius 2 is 2.26 bits per heavy atom. The lowest BCUT2D eigenvalue weighted by Crippen LogP contribution is -2.45. The Balaban J connectivity index is 2.22. The lowest BCUT2D eigenvalue weighted by Gasteiger charge is -2.29. The molecule has 1 N–H and O–H groups in total. The molecule has 2 rings (SSSR count). The highest BCUT2D eigenvalue weighted by Gasteiger charge is 2.27. The third kappa shape index (κ3) is 2.74. The molecule has 1 heterocycles. The van der Waals surface area contributed by atoms with Crippen molar-refractivity contribution in [1.82, 2.24) is 5.32 Å². The molecule has 0 saturated carbocycles. The molecule has 0 aliphatic carbocycles. The molecule has 0 aromatic heterocycles. The van der Waals surface area contributed by atoms with Crippen molar-refractivity contribution in [2.45, 2.75) is 19.8 Å². The van der Waals surface area contributed by atoms with E-state index in [1.165, 1.54) is 4.90 Å². The number of benzene rings is 1. The molecular weight excluding hydrogens is 242 g/mol. The van der Waals surface area contributed by atoms with Crippen molar-refractivity contribution in [3.05, 3.63) is 29.3 Å². The fourth-order valence-electron chi connectivity index (χ4n) is 2.25. The molecule has 1 aromatic rings. The fourth-order valence-corrected chi connectivity index (χ4v) is 2.25. The van der Waals surface area contributed by atoms with E-state index in [1.54, 1.807) is 6.07 Å². The molecule has 0 radical (unpaired) electrons. The first kappa shape index (κ1) is 13.1. The lowest BCUT2D eigenvalue weighted by molar-refractivity contribution is -0.137. The number of amides is 2. The number of rotatable bonds is 1. The van der Waals surface area contributed by atoms with E-state index in [0.717, 1.165) is 29.7 Å². The molecule has 0 atom stereocenters. The second-order valence-corrected chi connectivity index (χ2v) is 4.53. The van der Waals surface area contributed by atoms with Crippen LogP contribution >= 0.6 is 0 Å². The van der Waals surface area contributed by atoms with E-state index in [1.807, 2.05) is 25.1 Å². The molecule has 19 heavy (non-hydrogen) atoms. The van der Waals surface area contributed by atoms with Gasteiger partial charge in [0.2, 0.25) is 0 Å². The van der Waals surface area contributed by atoms with Gasteiger partial charge in [-0.1, -0.05) is 17.7 Å². The third-order valence-corrected chi connectivity index (χ3v) is 3.12. The van der Waals surface area contributed by atoms with Crippen LogP contribution in [0.25, 0.3) is 0 Å². The molecule has 5 nitrogen and oxygen atoms in total. The molecular formula is C14H15N3O2. The van der Waals surface area contributed by atoms with Gasteiger partial charge in [-0.25, -0.2) is 0 Å². The minimum absolute atomic E-state index is 0.154. The number of hydrogen-bond acceptors (Lipinski definition) is 3. The van der Waals surface area contributed by atoms with Crippen LogP contribution in [0.3, 0.4) is 0 Å². The molecule has 0 unspecified atom stereocenters. The van der Waals surface area contributed by atoms with Crippen LogP contribution in [0.15, 0.2) is 18.2 Å². The Morgan fingerprint density at radius 3 is 3.00 bits per heavy atom. The molecule has 1 aliphatic heterocycles. The maximum atomic E-state index is 12.1. The van der Waals surface area contributed by atoms with Crippen molar-refractivity contribution in [3.63, 3.8) is 0 Å². The first-order valence-electron chi connectivity index (χ1n) is 6.19. The topological polar surface area (TPSA) is 73.2 Å². The van der Waals surface area contributed by atoms with Gasteiger partial charge >= 0.3 is 11.8 Å². The molecule has 0 spiro atoms. The number of carbonyl (C=O) groups is 2.